The molecule has 1 amide bonds. The van der Waals surface area contributed by atoms with Gasteiger partial charge in [-0.2, -0.15) is 5.10 Å². The van der Waals surface area contributed by atoms with Gasteiger partial charge in [-0.05, 0) is 69.2 Å². The second-order valence-corrected chi connectivity index (χ2v) is 8.10. The summed E-state index contributed by atoms with van der Waals surface area (Å²) in [5.41, 5.74) is 6.24. The molecule has 0 fully saturated rings. The number of amides is 1. The predicted octanol–water partition coefficient (Wildman–Crippen LogP) is 4.71. The summed E-state index contributed by atoms with van der Waals surface area (Å²) in [6.07, 6.45) is 0. The van der Waals surface area contributed by atoms with Gasteiger partial charge in [-0.15, -0.1) is 0 Å². The second kappa shape index (κ2) is 9.87. The van der Waals surface area contributed by atoms with Crippen LogP contribution in [0.25, 0.3) is 0 Å². The third-order valence-electron chi connectivity index (χ3n) is 5.47. The number of rotatable bonds is 5. The van der Waals surface area contributed by atoms with Crippen molar-refractivity contribution in [2.24, 2.45) is 12.0 Å². The molecular formula is C24H28ClN5O2. The summed E-state index contributed by atoms with van der Waals surface area (Å²) in [5, 5.41) is 11.0. The first-order valence-electron chi connectivity index (χ1n) is 10.2. The van der Waals surface area contributed by atoms with Crippen LogP contribution >= 0.6 is 11.6 Å². The second-order valence-electron chi connectivity index (χ2n) is 7.66. The van der Waals surface area contributed by atoms with Gasteiger partial charge in [-0.3, -0.25) is 14.8 Å². The normalized spacial score (nSPS) is 11.4. The van der Waals surface area contributed by atoms with E-state index in [1.54, 1.807) is 31.4 Å². The Bertz CT molecular complexity index is 1180. The molecule has 0 saturated carbocycles. The van der Waals surface area contributed by atoms with Crippen LogP contribution in [0, 0.1) is 27.7 Å². The first kappa shape index (κ1) is 23.3. The Morgan fingerprint density at radius 1 is 1.12 bits per heavy atom. The zero-order chi connectivity index (χ0) is 23.4. The number of aromatic nitrogens is 2. The lowest BCUT2D eigenvalue weighted by molar-refractivity contribution is 0.0977. The summed E-state index contributed by atoms with van der Waals surface area (Å²) in [4.78, 5) is 17.6. The summed E-state index contributed by atoms with van der Waals surface area (Å²) in [6, 6.07) is 10.8. The fourth-order valence-electron chi connectivity index (χ4n) is 3.28. The van der Waals surface area contributed by atoms with Crippen LogP contribution in [0.5, 0.6) is 5.75 Å². The van der Waals surface area contributed by atoms with Crippen molar-refractivity contribution < 1.29 is 9.53 Å². The molecule has 0 saturated heterocycles. The number of methoxy groups -OCH3 is 1. The Kier molecular flexibility index (Phi) is 7.20. The summed E-state index contributed by atoms with van der Waals surface area (Å²) in [5.74, 6) is 0.604. The molecule has 0 radical (unpaired) electrons. The maximum atomic E-state index is 13.0. The van der Waals surface area contributed by atoms with Crippen molar-refractivity contribution in [1.82, 2.24) is 15.1 Å². The smallest absolute Gasteiger partial charge is 0.257 e. The van der Waals surface area contributed by atoms with Gasteiger partial charge in [-0.25, -0.2) is 4.99 Å². The average molecular weight is 454 g/mol. The highest BCUT2D eigenvalue weighted by atomic mass is 35.5. The summed E-state index contributed by atoms with van der Waals surface area (Å²) in [7, 11) is 3.47. The van der Waals surface area contributed by atoms with E-state index in [4.69, 9.17) is 16.3 Å². The number of aryl methyl sites for hydroxylation is 4. The molecular weight excluding hydrogens is 426 g/mol. The highest BCUT2D eigenvalue weighted by Gasteiger charge is 2.14. The van der Waals surface area contributed by atoms with Crippen LogP contribution in [0.1, 0.15) is 38.4 Å². The fourth-order valence-corrected chi connectivity index (χ4v) is 3.45. The Hall–Kier alpha value is -3.32. The Balaban J connectivity index is 1.93. The zero-order valence-corrected chi connectivity index (χ0v) is 20.0. The molecule has 0 aliphatic rings. The number of hydrogen-bond acceptors (Lipinski definition) is 4. The van der Waals surface area contributed by atoms with E-state index in [-0.39, 0.29) is 11.9 Å². The molecule has 3 rings (SSSR count). The number of aliphatic imine (C=N–C) groups is 1. The molecule has 0 bridgehead atoms. The van der Waals surface area contributed by atoms with Gasteiger partial charge in [-0.1, -0.05) is 17.7 Å². The van der Waals surface area contributed by atoms with E-state index in [9.17, 15) is 4.79 Å². The summed E-state index contributed by atoms with van der Waals surface area (Å²) in [6.45, 7) is 8.27. The van der Waals surface area contributed by atoms with E-state index in [1.165, 1.54) is 0 Å². The minimum absolute atomic E-state index is 0.264. The van der Waals surface area contributed by atoms with E-state index in [0.717, 1.165) is 28.1 Å². The van der Waals surface area contributed by atoms with Crippen molar-refractivity contribution in [1.29, 1.82) is 0 Å². The molecule has 0 atom stereocenters. The van der Waals surface area contributed by atoms with E-state index >= 15 is 0 Å². The maximum Gasteiger partial charge on any atom is 0.257 e. The molecule has 0 aliphatic carbocycles. The Morgan fingerprint density at radius 3 is 2.50 bits per heavy atom. The predicted molar refractivity (Wildman–Crippen MR) is 129 cm³/mol. The van der Waals surface area contributed by atoms with Gasteiger partial charge in [0.1, 0.15) is 5.75 Å². The minimum Gasteiger partial charge on any atom is -0.495 e. The van der Waals surface area contributed by atoms with Crippen LogP contribution in [-0.4, -0.2) is 28.8 Å². The average Bonchev–Trinajstić information content (AvgIpc) is 2.99. The molecule has 0 spiro atoms. The van der Waals surface area contributed by atoms with Gasteiger partial charge in [0.25, 0.3) is 5.91 Å². The van der Waals surface area contributed by atoms with Gasteiger partial charge in [0.15, 0.2) is 0 Å². The number of anilines is 1. The lowest BCUT2D eigenvalue weighted by Crippen LogP contribution is -2.36. The number of hydrogen-bond donors (Lipinski definition) is 2. The Labute approximate surface area is 193 Å². The van der Waals surface area contributed by atoms with Crippen LogP contribution in [0.15, 0.2) is 41.4 Å². The molecule has 0 aliphatic heterocycles. The van der Waals surface area contributed by atoms with E-state index in [0.29, 0.717) is 28.6 Å². The zero-order valence-electron chi connectivity index (χ0n) is 19.2. The molecule has 0 unspecified atom stereocenters. The van der Waals surface area contributed by atoms with Crippen molar-refractivity contribution >= 4 is 29.2 Å². The molecule has 2 N–H and O–H groups in total. The molecule has 32 heavy (non-hydrogen) atoms. The number of benzene rings is 2. The number of halogens is 1. The summed E-state index contributed by atoms with van der Waals surface area (Å²) < 4.78 is 7.24. The molecule has 3 aromatic rings. The molecule has 1 aromatic heterocycles. The van der Waals surface area contributed by atoms with Crippen LogP contribution in [-0.2, 0) is 13.6 Å². The molecule has 1 heterocycles. The largest absolute Gasteiger partial charge is 0.495 e. The number of nitrogens with one attached hydrogen (secondary N) is 2. The third-order valence-corrected chi connectivity index (χ3v) is 5.70. The standard InChI is InChI=1S/C24H28ClN5O2/c1-14-7-8-18(11-15(14)2)23(31)28-24(26-13-20-16(3)29-30(5)17(20)4)27-21-12-19(25)9-10-22(21)32-6/h7-12H,13H2,1-6H3,(H2,26,27,28,31). The van der Waals surface area contributed by atoms with Crippen molar-refractivity contribution in [3.63, 3.8) is 0 Å². The van der Waals surface area contributed by atoms with E-state index in [1.807, 2.05) is 51.6 Å². The fraction of sp³-hybridized carbons (Fsp3) is 0.292. The number of guanidine groups is 1. The molecule has 8 heteroatoms. The first-order valence-corrected chi connectivity index (χ1v) is 10.6. The number of carbonyl (C=O) groups excluding carboxylic acids is 1. The lowest BCUT2D eigenvalue weighted by atomic mass is 10.1. The van der Waals surface area contributed by atoms with Crippen molar-refractivity contribution in [2.45, 2.75) is 34.2 Å². The monoisotopic (exact) mass is 453 g/mol. The van der Waals surface area contributed by atoms with Crippen molar-refractivity contribution in [3.05, 3.63) is 75.1 Å². The molecule has 7 nitrogen and oxygen atoms in total. The number of ether oxygens (including phenoxy) is 1. The van der Waals surface area contributed by atoms with E-state index in [2.05, 4.69) is 20.7 Å². The van der Waals surface area contributed by atoms with Crippen molar-refractivity contribution in [3.8, 4) is 5.75 Å². The van der Waals surface area contributed by atoms with Gasteiger partial charge in [0, 0.05) is 28.9 Å². The maximum absolute atomic E-state index is 13.0. The van der Waals surface area contributed by atoms with Gasteiger partial charge in [0.2, 0.25) is 5.96 Å². The highest BCUT2D eigenvalue weighted by molar-refractivity contribution is 6.31. The summed E-state index contributed by atoms with van der Waals surface area (Å²) >= 11 is 6.17. The SMILES string of the molecule is COc1ccc(Cl)cc1NC(=NCc1c(C)nn(C)c1C)NC(=O)c1ccc(C)c(C)c1. The minimum atomic E-state index is -0.264. The van der Waals surface area contributed by atoms with Crippen LogP contribution in [0.4, 0.5) is 5.69 Å². The van der Waals surface area contributed by atoms with Crippen LogP contribution < -0.4 is 15.4 Å². The number of carbonyl (C=O) groups is 1. The van der Waals surface area contributed by atoms with Crippen LogP contribution in [0.3, 0.4) is 0 Å². The van der Waals surface area contributed by atoms with Gasteiger partial charge < -0.3 is 10.1 Å². The van der Waals surface area contributed by atoms with E-state index < -0.39 is 0 Å². The van der Waals surface area contributed by atoms with Gasteiger partial charge >= 0.3 is 0 Å². The first-order chi connectivity index (χ1) is 15.2. The number of nitrogens with zero attached hydrogens (tertiary/aromatic N) is 3. The van der Waals surface area contributed by atoms with Crippen LogP contribution in [0.2, 0.25) is 5.02 Å². The Morgan fingerprint density at radius 2 is 1.88 bits per heavy atom. The topological polar surface area (TPSA) is 80.5 Å². The van der Waals surface area contributed by atoms with Crippen molar-refractivity contribution in [2.75, 3.05) is 12.4 Å². The third kappa shape index (κ3) is 5.29. The lowest BCUT2D eigenvalue weighted by Gasteiger charge is -2.15. The van der Waals surface area contributed by atoms with Gasteiger partial charge in [0.05, 0.1) is 25.0 Å². The highest BCUT2D eigenvalue weighted by Crippen LogP contribution is 2.27. The molecule has 2 aromatic carbocycles. The quantitative estimate of drug-likeness (QED) is 0.433. The molecule has 168 valence electrons.